The molecule has 34 heavy (non-hydrogen) atoms. The van der Waals surface area contributed by atoms with Gasteiger partial charge in [0.05, 0.1) is 49.6 Å². The fraction of sp³-hybridized carbons (Fsp3) is 0.462. The van der Waals surface area contributed by atoms with Crippen LogP contribution in [0.1, 0.15) is 41.0 Å². The second-order valence-electron chi connectivity index (χ2n) is 9.08. The summed E-state index contributed by atoms with van der Waals surface area (Å²) in [4.78, 5) is 33.9. The molecule has 1 N–H and O–H groups in total. The molecule has 2 aliphatic rings. The monoisotopic (exact) mass is 464 g/mol. The zero-order valence-corrected chi connectivity index (χ0v) is 20.3. The number of anilines is 1. The molecule has 2 aliphatic heterocycles. The second kappa shape index (κ2) is 8.83. The highest BCUT2D eigenvalue weighted by Gasteiger charge is 2.33. The van der Waals surface area contributed by atoms with Gasteiger partial charge in [0.2, 0.25) is 0 Å². The molecule has 8 nitrogen and oxygen atoms in total. The number of likely N-dealkylation sites (N-methyl/N-ethyl adjacent to an activating group) is 1. The van der Waals surface area contributed by atoms with Crippen molar-refractivity contribution in [2.24, 2.45) is 0 Å². The predicted molar refractivity (Wildman–Crippen MR) is 132 cm³/mol. The van der Waals surface area contributed by atoms with Crippen LogP contribution in [0.25, 0.3) is 10.9 Å². The molecule has 4 heterocycles. The van der Waals surface area contributed by atoms with Crippen LogP contribution in [0.4, 0.5) is 5.69 Å². The van der Waals surface area contributed by atoms with Crippen molar-refractivity contribution in [3.05, 3.63) is 57.1 Å². The molecular weight excluding hydrogens is 432 g/mol. The van der Waals surface area contributed by atoms with Crippen LogP contribution in [-0.4, -0.2) is 59.8 Å². The number of aromatic amines is 1. The number of nitrogens with zero attached hydrogens (tertiary/aromatic N) is 3. The summed E-state index contributed by atoms with van der Waals surface area (Å²) in [6.45, 7) is 9.73. The average Bonchev–Trinajstić information content (AvgIpc) is 3.14. The van der Waals surface area contributed by atoms with Crippen molar-refractivity contribution < 1.29 is 14.3 Å². The smallest absolute Gasteiger partial charge is 0.256 e. The molecule has 5 rings (SSSR count). The van der Waals surface area contributed by atoms with Crippen molar-refractivity contribution in [1.82, 2.24) is 14.5 Å². The molecule has 3 aromatic rings. The molecule has 0 saturated carbocycles. The minimum absolute atomic E-state index is 0.0379. The maximum absolute atomic E-state index is 14.1. The van der Waals surface area contributed by atoms with Crippen molar-refractivity contribution in [2.75, 3.05) is 38.3 Å². The number of H-pyrrole nitrogens is 1. The van der Waals surface area contributed by atoms with E-state index in [1.54, 1.807) is 18.1 Å². The van der Waals surface area contributed by atoms with E-state index in [1.807, 2.05) is 6.92 Å². The van der Waals surface area contributed by atoms with Crippen molar-refractivity contribution in [3.63, 3.8) is 0 Å². The SMILES string of the molecule is CCc1c(N(CC)C2COC2)cc2ccn3c2c1C(=O)N(Cc1c(OC)cc(C)[nH]c1=O)CC3. The number of hydrogen-bond acceptors (Lipinski definition) is 5. The van der Waals surface area contributed by atoms with Crippen LogP contribution in [0.3, 0.4) is 0 Å². The van der Waals surface area contributed by atoms with Gasteiger partial charge in [-0.2, -0.15) is 0 Å². The van der Waals surface area contributed by atoms with Crippen molar-refractivity contribution in [3.8, 4) is 5.75 Å². The molecule has 1 amide bonds. The molecule has 1 aromatic carbocycles. The molecule has 0 aliphatic carbocycles. The van der Waals surface area contributed by atoms with Gasteiger partial charge in [-0.05, 0) is 44.0 Å². The van der Waals surface area contributed by atoms with Gasteiger partial charge in [-0.3, -0.25) is 9.59 Å². The van der Waals surface area contributed by atoms with E-state index >= 15 is 0 Å². The molecule has 0 radical (unpaired) electrons. The lowest BCUT2D eigenvalue weighted by molar-refractivity contribution is 0.00843. The number of carbonyl (C=O) groups excluding carboxylic acids is 1. The van der Waals surface area contributed by atoms with Crippen LogP contribution >= 0.6 is 0 Å². The van der Waals surface area contributed by atoms with E-state index in [0.717, 1.165) is 46.4 Å². The third kappa shape index (κ3) is 3.57. The number of methoxy groups -OCH3 is 1. The second-order valence-corrected chi connectivity index (χ2v) is 9.08. The van der Waals surface area contributed by atoms with E-state index in [2.05, 4.69) is 46.6 Å². The Morgan fingerprint density at radius 3 is 2.62 bits per heavy atom. The molecule has 1 saturated heterocycles. The minimum atomic E-state index is -0.217. The normalized spacial score (nSPS) is 16.0. The number of amides is 1. The van der Waals surface area contributed by atoms with E-state index in [9.17, 15) is 9.59 Å². The van der Waals surface area contributed by atoms with Crippen LogP contribution in [-0.2, 0) is 24.2 Å². The Balaban J connectivity index is 1.63. The molecule has 0 bridgehead atoms. The zero-order valence-electron chi connectivity index (χ0n) is 20.3. The third-order valence-electron chi connectivity index (χ3n) is 7.11. The predicted octanol–water partition coefficient (Wildman–Crippen LogP) is 3.09. The molecule has 8 heteroatoms. The number of aromatic nitrogens is 2. The van der Waals surface area contributed by atoms with Crippen molar-refractivity contribution >= 4 is 22.5 Å². The first-order valence-electron chi connectivity index (χ1n) is 12.0. The van der Waals surface area contributed by atoms with E-state index in [4.69, 9.17) is 9.47 Å². The van der Waals surface area contributed by atoms with Crippen molar-refractivity contribution in [1.29, 1.82) is 0 Å². The Morgan fingerprint density at radius 1 is 1.18 bits per heavy atom. The Hall–Kier alpha value is -3.26. The van der Waals surface area contributed by atoms with Gasteiger partial charge in [-0.15, -0.1) is 0 Å². The van der Waals surface area contributed by atoms with E-state index < -0.39 is 0 Å². The lowest BCUT2D eigenvalue weighted by Crippen LogP contribution is -2.49. The van der Waals surface area contributed by atoms with Crippen LogP contribution in [0.5, 0.6) is 5.75 Å². The molecule has 2 aromatic heterocycles. The minimum Gasteiger partial charge on any atom is -0.496 e. The summed E-state index contributed by atoms with van der Waals surface area (Å²) in [5, 5.41) is 1.07. The van der Waals surface area contributed by atoms with Crippen LogP contribution in [0, 0.1) is 6.92 Å². The van der Waals surface area contributed by atoms with Crippen LogP contribution < -0.4 is 15.2 Å². The molecule has 0 unspecified atom stereocenters. The number of nitrogens with one attached hydrogen (secondary N) is 1. The molecule has 0 atom stereocenters. The van der Waals surface area contributed by atoms with Crippen LogP contribution in [0.2, 0.25) is 0 Å². The molecule has 1 fully saturated rings. The van der Waals surface area contributed by atoms with E-state index in [-0.39, 0.29) is 18.0 Å². The summed E-state index contributed by atoms with van der Waals surface area (Å²) in [5.41, 5.74) is 4.89. The number of hydrogen-bond donors (Lipinski definition) is 1. The molecular formula is C26H32N4O4. The van der Waals surface area contributed by atoms with E-state index in [0.29, 0.717) is 43.7 Å². The Bertz CT molecular complexity index is 1300. The van der Waals surface area contributed by atoms with Gasteiger partial charge >= 0.3 is 0 Å². The summed E-state index contributed by atoms with van der Waals surface area (Å²) in [6, 6.07) is 6.46. The van der Waals surface area contributed by atoms with Gasteiger partial charge in [-0.25, -0.2) is 0 Å². The average molecular weight is 465 g/mol. The fourth-order valence-electron chi connectivity index (χ4n) is 5.31. The Morgan fingerprint density at radius 2 is 1.97 bits per heavy atom. The lowest BCUT2D eigenvalue weighted by atomic mass is 9.96. The highest BCUT2D eigenvalue weighted by atomic mass is 16.5. The Kier molecular flexibility index (Phi) is 5.85. The first kappa shape index (κ1) is 22.5. The summed E-state index contributed by atoms with van der Waals surface area (Å²) in [7, 11) is 1.55. The van der Waals surface area contributed by atoms with Gasteiger partial charge < -0.3 is 28.8 Å². The van der Waals surface area contributed by atoms with Gasteiger partial charge in [0.1, 0.15) is 5.75 Å². The van der Waals surface area contributed by atoms with Gasteiger partial charge in [0.15, 0.2) is 0 Å². The summed E-state index contributed by atoms with van der Waals surface area (Å²) >= 11 is 0. The van der Waals surface area contributed by atoms with Crippen LogP contribution in [0.15, 0.2) is 29.2 Å². The Labute approximate surface area is 199 Å². The fourth-order valence-corrected chi connectivity index (χ4v) is 5.31. The third-order valence-corrected chi connectivity index (χ3v) is 7.11. The topological polar surface area (TPSA) is 79.8 Å². The molecule has 180 valence electrons. The largest absolute Gasteiger partial charge is 0.496 e. The van der Waals surface area contributed by atoms with Gasteiger partial charge in [0, 0.05) is 42.6 Å². The highest BCUT2D eigenvalue weighted by molar-refractivity contribution is 6.09. The quantitative estimate of drug-likeness (QED) is 0.581. The first-order valence-corrected chi connectivity index (χ1v) is 12.0. The summed E-state index contributed by atoms with van der Waals surface area (Å²) in [6.07, 6.45) is 2.81. The summed E-state index contributed by atoms with van der Waals surface area (Å²) in [5.74, 6) is 0.471. The summed E-state index contributed by atoms with van der Waals surface area (Å²) < 4.78 is 13.1. The standard InChI is InChI=1S/C26H32N4O4/c1-5-19-21(30(6-2)18-14-34-15-18)12-17-7-8-28-9-10-29(26(32)23(19)24(17)28)13-20-22(33-4)11-16(3)27-25(20)31/h7-8,11-12,18H,5-6,9-10,13-15H2,1-4H3,(H,27,31). The number of ether oxygens (including phenoxy) is 2. The van der Waals surface area contributed by atoms with E-state index in [1.165, 1.54) is 0 Å². The number of rotatable bonds is 7. The number of pyridine rings is 1. The molecule has 0 spiro atoms. The lowest BCUT2D eigenvalue weighted by Gasteiger charge is -2.39. The maximum atomic E-state index is 14.1. The van der Waals surface area contributed by atoms with Crippen molar-refractivity contribution in [2.45, 2.75) is 46.3 Å². The van der Waals surface area contributed by atoms with Gasteiger partial charge in [0.25, 0.3) is 11.5 Å². The van der Waals surface area contributed by atoms with Gasteiger partial charge in [-0.1, -0.05) is 6.92 Å². The highest BCUT2D eigenvalue weighted by Crippen LogP contribution is 2.37. The number of carbonyl (C=O) groups is 1. The zero-order chi connectivity index (χ0) is 24.0. The number of benzene rings is 1. The number of aryl methyl sites for hydroxylation is 1. The maximum Gasteiger partial charge on any atom is 0.256 e. The first-order chi connectivity index (χ1) is 16.5.